The van der Waals surface area contributed by atoms with E-state index in [1.165, 1.54) is 9.70 Å². The predicted molar refractivity (Wildman–Crippen MR) is 122 cm³/mol. The lowest BCUT2D eigenvalue weighted by atomic mass is 10.1. The summed E-state index contributed by atoms with van der Waals surface area (Å²) >= 11 is 0. The molecule has 2 amide bonds. The van der Waals surface area contributed by atoms with Crippen molar-refractivity contribution in [3.8, 4) is 11.4 Å². The first kappa shape index (κ1) is 21.7. The number of benzene rings is 2. The third-order valence-electron chi connectivity index (χ3n) is 5.81. The Hall–Kier alpha value is -3.55. The lowest BCUT2D eigenvalue weighted by Gasteiger charge is -2.29. The smallest absolute Gasteiger partial charge is 0.251 e. The van der Waals surface area contributed by atoms with Crippen molar-refractivity contribution >= 4 is 17.5 Å². The molecule has 0 spiro atoms. The van der Waals surface area contributed by atoms with Crippen LogP contribution in [0.3, 0.4) is 0 Å². The van der Waals surface area contributed by atoms with Crippen LogP contribution in [0.15, 0.2) is 54.6 Å². The number of tetrazole rings is 1. The molecule has 1 aliphatic carbocycles. The van der Waals surface area contributed by atoms with Crippen LogP contribution in [0.5, 0.6) is 0 Å². The Morgan fingerprint density at radius 1 is 1.09 bits per heavy atom. The van der Waals surface area contributed by atoms with Gasteiger partial charge < -0.3 is 5.32 Å². The molecular formula is C24H28N6O2. The van der Waals surface area contributed by atoms with Crippen LogP contribution in [0.1, 0.15) is 38.2 Å². The minimum atomic E-state index is -0.661. The second kappa shape index (κ2) is 9.72. The van der Waals surface area contributed by atoms with Crippen molar-refractivity contribution in [2.75, 3.05) is 4.90 Å². The number of hydrogen-bond acceptors (Lipinski definition) is 5. The highest BCUT2D eigenvalue weighted by molar-refractivity contribution is 6.00. The van der Waals surface area contributed by atoms with Gasteiger partial charge in [-0.1, -0.05) is 60.9 Å². The van der Waals surface area contributed by atoms with Gasteiger partial charge in [0.2, 0.25) is 11.7 Å². The summed E-state index contributed by atoms with van der Waals surface area (Å²) < 4.78 is 0. The molecule has 1 fully saturated rings. The van der Waals surface area contributed by atoms with Gasteiger partial charge >= 0.3 is 0 Å². The van der Waals surface area contributed by atoms with Crippen LogP contribution in [0, 0.1) is 6.92 Å². The number of aryl methyl sites for hydroxylation is 1. The predicted octanol–water partition coefficient (Wildman–Crippen LogP) is 3.13. The summed E-state index contributed by atoms with van der Waals surface area (Å²) in [6, 6.07) is 16.5. The van der Waals surface area contributed by atoms with Crippen LogP contribution in [0.2, 0.25) is 0 Å². The third-order valence-corrected chi connectivity index (χ3v) is 5.81. The topological polar surface area (TPSA) is 93.0 Å². The zero-order valence-corrected chi connectivity index (χ0v) is 18.4. The average molecular weight is 433 g/mol. The van der Waals surface area contributed by atoms with E-state index in [1.54, 1.807) is 6.92 Å². The SMILES string of the molecule is Cc1ccc(-c2nnn(CC(=O)N(c3ccccc3)C(C)C(=O)NC3CCCC3)n2)cc1. The van der Waals surface area contributed by atoms with E-state index in [0.717, 1.165) is 36.8 Å². The number of nitrogens with zero attached hydrogens (tertiary/aromatic N) is 5. The van der Waals surface area contributed by atoms with Crippen molar-refractivity contribution in [1.82, 2.24) is 25.5 Å². The molecule has 1 aliphatic rings. The number of carbonyl (C=O) groups excluding carboxylic acids is 2. The Balaban J connectivity index is 1.51. The van der Waals surface area contributed by atoms with Crippen molar-refractivity contribution in [1.29, 1.82) is 0 Å². The van der Waals surface area contributed by atoms with E-state index in [1.807, 2.05) is 61.5 Å². The van der Waals surface area contributed by atoms with E-state index in [4.69, 9.17) is 0 Å². The summed E-state index contributed by atoms with van der Waals surface area (Å²) in [5.41, 5.74) is 2.63. The van der Waals surface area contributed by atoms with Gasteiger partial charge in [-0.05, 0) is 44.0 Å². The van der Waals surface area contributed by atoms with Gasteiger partial charge in [0, 0.05) is 17.3 Å². The minimum Gasteiger partial charge on any atom is -0.352 e. The molecule has 166 valence electrons. The first-order valence-corrected chi connectivity index (χ1v) is 11.0. The fourth-order valence-corrected chi connectivity index (χ4v) is 4.01. The van der Waals surface area contributed by atoms with Crippen molar-refractivity contribution in [3.05, 3.63) is 60.2 Å². The van der Waals surface area contributed by atoms with Crippen molar-refractivity contribution < 1.29 is 9.59 Å². The normalized spacial score (nSPS) is 14.8. The van der Waals surface area contributed by atoms with E-state index in [9.17, 15) is 9.59 Å². The van der Waals surface area contributed by atoms with Gasteiger partial charge in [0.25, 0.3) is 5.91 Å². The van der Waals surface area contributed by atoms with Crippen LogP contribution in [0.4, 0.5) is 5.69 Å². The second-order valence-electron chi connectivity index (χ2n) is 8.27. The molecule has 4 rings (SSSR count). The molecule has 1 heterocycles. The maximum Gasteiger partial charge on any atom is 0.251 e. The summed E-state index contributed by atoms with van der Waals surface area (Å²) in [7, 11) is 0. The van der Waals surface area contributed by atoms with E-state index >= 15 is 0 Å². The van der Waals surface area contributed by atoms with Crippen LogP contribution in [0.25, 0.3) is 11.4 Å². The molecule has 0 bridgehead atoms. The molecule has 1 aromatic heterocycles. The molecule has 0 radical (unpaired) electrons. The maximum absolute atomic E-state index is 13.3. The van der Waals surface area contributed by atoms with Gasteiger partial charge in [0.15, 0.2) is 0 Å². The van der Waals surface area contributed by atoms with Gasteiger partial charge in [-0.2, -0.15) is 4.80 Å². The molecule has 1 atom stereocenters. The first-order chi connectivity index (χ1) is 15.5. The fraction of sp³-hybridized carbons (Fsp3) is 0.375. The minimum absolute atomic E-state index is 0.116. The molecule has 1 N–H and O–H groups in total. The Kier molecular flexibility index (Phi) is 6.58. The number of nitrogens with one attached hydrogen (secondary N) is 1. The molecule has 0 aliphatic heterocycles. The van der Waals surface area contributed by atoms with Crippen LogP contribution in [-0.2, 0) is 16.1 Å². The van der Waals surface area contributed by atoms with Crippen LogP contribution in [-0.4, -0.2) is 44.1 Å². The highest BCUT2D eigenvalue weighted by atomic mass is 16.2. The molecule has 32 heavy (non-hydrogen) atoms. The average Bonchev–Trinajstić information content (AvgIpc) is 3.47. The monoisotopic (exact) mass is 432 g/mol. The largest absolute Gasteiger partial charge is 0.352 e. The molecule has 1 saturated carbocycles. The zero-order chi connectivity index (χ0) is 22.5. The number of anilines is 1. The fourth-order valence-electron chi connectivity index (χ4n) is 4.01. The molecule has 0 saturated heterocycles. The number of aromatic nitrogens is 4. The van der Waals surface area contributed by atoms with Gasteiger partial charge in [0.05, 0.1) is 0 Å². The quantitative estimate of drug-likeness (QED) is 0.619. The van der Waals surface area contributed by atoms with Gasteiger partial charge in [0.1, 0.15) is 12.6 Å². The Morgan fingerprint density at radius 3 is 2.47 bits per heavy atom. The summed E-state index contributed by atoms with van der Waals surface area (Å²) in [5, 5.41) is 15.6. The van der Waals surface area contributed by atoms with Crippen molar-refractivity contribution in [2.45, 2.75) is 58.2 Å². The molecular weight excluding hydrogens is 404 g/mol. The van der Waals surface area contributed by atoms with Crippen LogP contribution < -0.4 is 10.2 Å². The molecule has 2 aromatic carbocycles. The molecule has 8 heteroatoms. The molecule has 1 unspecified atom stereocenters. The van der Waals surface area contributed by atoms with E-state index in [2.05, 4.69) is 20.7 Å². The van der Waals surface area contributed by atoms with Gasteiger partial charge in [-0.25, -0.2) is 0 Å². The van der Waals surface area contributed by atoms with E-state index in [0.29, 0.717) is 11.5 Å². The number of para-hydroxylation sites is 1. The lowest BCUT2D eigenvalue weighted by Crippen LogP contribution is -2.51. The van der Waals surface area contributed by atoms with E-state index in [-0.39, 0.29) is 24.4 Å². The maximum atomic E-state index is 13.3. The third kappa shape index (κ3) is 5.01. The summed E-state index contributed by atoms with van der Waals surface area (Å²) in [6.07, 6.45) is 4.23. The number of carbonyl (C=O) groups is 2. The summed E-state index contributed by atoms with van der Waals surface area (Å²) in [6.45, 7) is 3.64. The van der Waals surface area contributed by atoms with Crippen molar-refractivity contribution in [3.63, 3.8) is 0 Å². The molecule has 3 aromatic rings. The van der Waals surface area contributed by atoms with E-state index < -0.39 is 6.04 Å². The number of amides is 2. The second-order valence-corrected chi connectivity index (χ2v) is 8.27. The Morgan fingerprint density at radius 2 is 1.78 bits per heavy atom. The number of hydrogen-bond donors (Lipinski definition) is 1. The van der Waals surface area contributed by atoms with Gasteiger partial charge in [-0.15, -0.1) is 10.2 Å². The lowest BCUT2D eigenvalue weighted by molar-refractivity contribution is -0.127. The zero-order valence-electron chi connectivity index (χ0n) is 18.4. The summed E-state index contributed by atoms with van der Waals surface area (Å²) in [4.78, 5) is 29.0. The number of rotatable bonds is 7. The van der Waals surface area contributed by atoms with Crippen LogP contribution >= 0.6 is 0 Å². The van der Waals surface area contributed by atoms with Gasteiger partial charge in [-0.3, -0.25) is 14.5 Å². The Labute approximate surface area is 187 Å². The van der Waals surface area contributed by atoms with Crippen molar-refractivity contribution in [2.24, 2.45) is 0 Å². The summed E-state index contributed by atoms with van der Waals surface area (Å²) in [5.74, 6) is 0.0233. The highest BCUT2D eigenvalue weighted by Gasteiger charge is 2.30. The standard InChI is InChI=1S/C24H28N6O2/c1-17-12-14-19(15-13-17)23-26-28-29(27-23)16-22(31)30(21-10-4-3-5-11-21)18(2)24(32)25-20-8-6-7-9-20/h3-5,10-15,18,20H,6-9,16H2,1-2H3,(H,25,32). The Bertz CT molecular complexity index is 1060. The first-order valence-electron chi connectivity index (χ1n) is 11.0. The molecule has 8 nitrogen and oxygen atoms in total. The highest BCUT2D eigenvalue weighted by Crippen LogP contribution is 2.21.